The highest BCUT2D eigenvalue weighted by molar-refractivity contribution is 6.30. The molecule has 0 N–H and O–H groups in total. The molecule has 0 aliphatic carbocycles. The van der Waals surface area contributed by atoms with Gasteiger partial charge in [0, 0.05) is 23.3 Å². The predicted molar refractivity (Wildman–Crippen MR) is 62.9 cm³/mol. The first-order chi connectivity index (χ1) is 7.22. The standard InChI is InChI=1S/C11H10Cl2N2/c1-8-14-4-5-15(8)11-3-2-10(13)6-9(11)7-12/h2-6H,7H2,1H3. The smallest absolute Gasteiger partial charge is 0.110 e. The van der Waals surface area contributed by atoms with E-state index in [4.69, 9.17) is 23.2 Å². The minimum atomic E-state index is 0.438. The van der Waals surface area contributed by atoms with E-state index >= 15 is 0 Å². The second kappa shape index (κ2) is 4.25. The summed E-state index contributed by atoms with van der Waals surface area (Å²) in [5, 5.41) is 0.701. The molecular formula is C11H10Cl2N2. The molecule has 4 heteroatoms. The van der Waals surface area contributed by atoms with E-state index in [0.717, 1.165) is 17.1 Å². The predicted octanol–water partition coefficient (Wildman–Crippen LogP) is 3.57. The van der Waals surface area contributed by atoms with Crippen LogP contribution in [0.2, 0.25) is 5.02 Å². The van der Waals surface area contributed by atoms with Gasteiger partial charge >= 0.3 is 0 Å². The molecule has 15 heavy (non-hydrogen) atoms. The summed E-state index contributed by atoms with van der Waals surface area (Å²) in [6.45, 7) is 1.95. The minimum absolute atomic E-state index is 0.438. The second-order valence-electron chi connectivity index (χ2n) is 3.25. The van der Waals surface area contributed by atoms with Crippen molar-refractivity contribution in [2.24, 2.45) is 0 Å². The molecule has 2 aromatic rings. The van der Waals surface area contributed by atoms with Crippen molar-refractivity contribution in [3.05, 3.63) is 47.0 Å². The maximum Gasteiger partial charge on any atom is 0.110 e. The zero-order valence-electron chi connectivity index (χ0n) is 8.24. The molecule has 2 nitrogen and oxygen atoms in total. The lowest BCUT2D eigenvalue weighted by atomic mass is 10.2. The van der Waals surface area contributed by atoms with Crippen LogP contribution in [0.15, 0.2) is 30.6 Å². The van der Waals surface area contributed by atoms with Crippen molar-refractivity contribution < 1.29 is 0 Å². The van der Waals surface area contributed by atoms with Gasteiger partial charge in [0.15, 0.2) is 0 Å². The largest absolute Gasteiger partial charge is 0.304 e. The van der Waals surface area contributed by atoms with E-state index in [0.29, 0.717) is 10.9 Å². The van der Waals surface area contributed by atoms with Crippen LogP contribution in [-0.4, -0.2) is 9.55 Å². The van der Waals surface area contributed by atoms with Crippen molar-refractivity contribution in [3.63, 3.8) is 0 Å². The maximum atomic E-state index is 5.91. The molecule has 0 aliphatic heterocycles. The third-order valence-corrected chi connectivity index (χ3v) is 2.79. The summed E-state index contributed by atoms with van der Waals surface area (Å²) in [6, 6.07) is 5.68. The van der Waals surface area contributed by atoms with Crippen LogP contribution in [0.1, 0.15) is 11.4 Å². The Morgan fingerprint density at radius 1 is 1.40 bits per heavy atom. The van der Waals surface area contributed by atoms with Crippen molar-refractivity contribution in [1.82, 2.24) is 9.55 Å². The van der Waals surface area contributed by atoms with Crippen molar-refractivity contribution in [3.8, 4) is 5.69 Å². The second-order valence-corrected chi connectivity index (χ2v) is 3.95. The SMILES string of the molecule is Cc1nccn1-c1ccc(Cl)cc1CCl. The summed E-state index contributed by atoms with van der Waals surface area (Å²) >= 11 is 11.8. The van der Waals surface area contributed by atoms with Crippen LogP contribution in [0.4, 0.5) is 0 Å². The van der Waals surface area contributed by atoms with Gasteiger partial charge < -0.3 is 4.57 Å². The Morgan fingerprint density at radius 2 is 2.20 bits per heavy atom. The van der Waals surface area contributed by atoms with Crippen LogP contribution in [0.5, 0.6) is 0 Å². The van der Waals surface area contributed by atoms with Crippen LogP contribution in [0.25, 0.3) is 5.69 Å². The van der Waals surface area contributed by atoms with E-state index < -0.39 is 0 Å². The molecule has 0 saturated carbocycles. The molecule has 2 rings (SSSR count). The van der Waals surface area contributed by atoms with Gasteiger partial charge in [0.05, 0.1) is 5.69 Å². The highest BCUT2D eigenvalue weighted by Crippen LogP contribution is 2.22. The number of benzene rings is 1. The molecule has 0 atom stereocenters. The molecule has 0 spiro atoms. The first-order valence-corrected chi connectivity index (χ1v) is 5.48. The minimum Gasteiger partial charge on any atom is -0.304 e. The molecule has 0 aliphatic rings. The lowest BCUT2D eigenvalue weighted by molar-refractivity contribution is 0.962. The van der Waals surface area contributed by atoms with E-state index in [-0.39, 0.29) is 0 Å². The number of nitrogens with zero attached hydrogens (tertiary/aromatic N) is 2. The van der Waals surface area contributed by atoms with Gasteiger partial charge in [0.2, 0.25) is 0 Å². The number of imidazole rings is 1. The van der Waals surface area contributed by atoms with Crippen LogP contribution >= 0.6 is 23.2 Å². The molecular weight excluding hydrogens is 231 g/mol. The maximum absolute atomic E-state index is 5.91. The van der Waals surface area contributed by atoms with Crippen LogP contribution < -0.4 is 0 Å². The first kappa shape index (κ1) is 10.5. The molecule has 1 heterocycles. The normalized spacial score (nSPS) is 10.6. The lowest BCUT2D eigenvalue weighted by Gasteiger charge is -2.10. The van der Waals surface area contributed by atoms with Gasteiger partial charge in [-0.15, -0.1) is 11.6 Å². The summed E-state index contributed by atoms with van der Waals surface area (Å²) in [4.78, 5) is 4.18. The number of rotatable bonds is 2. The van der Waals surface area contributed by atoms with Crippen LogP contribution in [-0.2, 0) is 5.88 Å². The average molecular weight is 241 g/mol. The zero-order valence-corrected chi connectivity index (χ0v) is 9.76. The van der Waals surface area contributed by atoms with E-state index in [9.17, 15) is 0 Å². The molecule has 0 unspecified atom stereocenters. The highest BCUT2D eigenvalue weighted by atomic mass is 35.5. The molecule has 0 saturated heterocycles. The summed E-state index contributed by atoms with van der Waals surface area (Å²) < 4.78 is 1.99. The quantitative estimate of drug-likeness (QED) is 0.735. The Balaban J connectivity index is 2.58. The number of halogens is 2. The van der Waals surface area contributed by atoms with Crippen molar-refractivity contribution >= 4 is 23.2 Å². The summed E-state index contributed by atoms with van der Waals surface area (Å²) in [6.07, 6.45) is 3.68. The van der Waals surface area contributed by atoms with Gasteiger partial charge in [-0.05, 0) is 30.7 Å². The highest BCUT2D eigenvalue weighted by Gasteiger charge is 2.06. The van der Waals surface area contributed by atoms with Gasteiger partial charge in [-0.25, -0.2) is 4.98 Å². The Hall–Kier alpha value is -0.990. The average Bonchev–Trinajstić information content (AvgIpc) is 2.64. The van der Waals surface area contributed by atoms with E-state index in [1.54, 1.807) is 6.20 Å². The molecule has 0 bridgehead atoms. The molecule has 0 fully saturated rings. The molecule has 0 amide bonds. The Labute approximate surface area is 98.5 Å². The number of hydrogen-bond donors (Lipinski definition) is 0. The fourth-order valence-corrected chi connectivity index (χ4v) is 1.94. The van der Waals surface area contributed by atoms with Gasteiger partial charge in [-0.3, -0.25) is 0 Å². The van der Waals surface area contributed by atoms with E-state index in [1.165, 1.54) is 0 Å². The van der Waals surface area contributed by atoms with Gasteiger partial charge in [0.25, 0.3) is 0 Å². The number of aromatic nitrogens is 2. The van der Waals surface area contributed by atoms with Gasteiger partial charge in [-0.1, -0.05) is 11.6 Å². The summed E-state index contributed by atoms with van der Waals surface area (Å²) in [7, 11) is 0. The van der Waals surface area contributed by atoms with Gasteiger partial charge in [-0.2, -0.15) is 0 Å². The first-order valence-electron chi connectivity index (χ1n) is 4.57. The number of alkyl halides is 1. The Morgan fingerprint density at radius 3 is 2.80 bits per heavy atom. The number of hydrogen-bond acceptors (Lipinski definition) is 1. The lowest BCUT2D eigenvalue weighted by Crippen LogP contribution is -1.99. The number of aryl methyl sites for hydroxylation is 1. The fraction of sp³-hybridized carbons (Fsp3) is 0.182. The fourth-order valence-electron chi connectivity index (χ4n) is 1.53. The van der Waals surface area contributed by atoms with Crippen LogP contribution in [0.3, 0.4) is 0 Å². The monoisotopic (exact) mass is 240 g/mol. The molecule has 0 radical (unpaired) electrons. The van der Waals surface area contributed by atoms with Crippen molar-refractivity contribution in [2.45, 2.75) is 12.8 Å². The third kappa shape index (κ3) is 2.01. The van der Waals surface area contributed by atoms with Crippen molar-refractivity contribution in [2.75, 3.05) is 0 Å². The van der Waals surface area contributed by atoms with Gasteiger partial charge in [0.1, 0.15) is 5.82 Å². The Kier molecular flexibility index (Phi) is 2.98. The molecule has 1 aromatic heterocycles. The molecule has 78 valence electrons. The van der Waals surface area contributed by atoms with E-state index in [2.05, 4.69) is 4.98 Å². The molecule has 1 aromatic carbocycles. The summed E-state index contributed by atoms with van der Waals surface area (Å²) in [5.74, 6) is 1.37. The topological polar surface area (TPSA) is 17.8 Å². The van der Waals surface area contributed by atoms with Crippen molar-refractivity contribution in [1.29, 1.82) is 0 Å². The van der Waals surface area contributed by atoms with E-state index in [1.807, 2.05) is 35.9 Å². The third-order valence-electron chi connectivity index (χ3n) is 2.27. The van der Waals surface area contributed by atoms with Crippen LogP contribution in [0, 0.1) is 6.92 Å². The Bertz CT molecular complexity index is 477. The summed E-state index contributed by atoms with van der Waals surface area (Å²) in [5.41, 5.74) is 2.04. The zero-order chi connectivity index (χ0) is 10.8.